The Morgan fingerprint density at radius 3 is 2.06 bits per heavy atom. The van der Waals surface area contributed by atoms with Crippen LogP contribution < -0.4 is 0 Å². The highest BCUT2D eigenvalue weighted by molar-refractivity contribution is 8.00. The summed E-state index contributed by atoms with van der Waals surface area (Å²) >= 11 is 0. The first-order valence-corrected chi connectivity index (χ1v) is 14.5. The van der Waals surface area contributed by atoms with Crippen molar-refractivity contribution in [1.82, 2.24) is 19.9 Å². The SMILES string of the molecule is C=S1(=O)CCN(Cc2cn(CCCOCCCOCCCOCCCC(C)(C)C)nn2)CC1. The molecule has 0 N–H and O–H groups in total. The van der Waals surface area contributed by atoms with E-state index in [0.29, 0.717) is 23.5 Å². The molecule has 1 fully saturated rings. The van der Waals surface area contributed by atoms with Crippen LogP contribution in [0.4, 0.5) is 0 Å². The zero-order chi connectivity index (χ0) is 24.0. The molecule has 1 aliphatic rings. The van der Waals surface area contributed by atoms with Gasteiger partial charge in [-0.3, -0.25) is 13.8 Å². The third-order valence-electron chi connectivity index (χ3n) is 5.58. The van der Waals surface area contributed by atoms with Crippen LogP contribution in [0.1, 0.15) is 58.6 Å². The summed E-state index contributed by atoms with van der Waals surface area (Å²) in [4.78, 5) is 2.27. The van der Waals surface area contributed by atoms with Crippen LogP contribution in [-0.2, 0) is 36.8 Å². The van der Waals surface area contributed by atoms with E-state index in [1.165, 1.54) is 6.42 Å². The van der Waals surface area contributed by atoms with Gasteiger partial charge in [-0.25, -0.2) is 0 Å². The normalized spacial score (nSPS) is 16.9. The highest BCUT2D eigenvalue weighted by Gasteiger charge is 2.18. The van der Waals surface area contributed by atoms with E-state index in [9.17, 15) is 4.21 Å². The maximum Gasteiger partial charge on any atom is 0.0967 e. The first-order valence-electron chi connectivity index (χ1n) is 12.4. The van der Waals surface area contributed by atoms with Gasteiger partial charge >= 0.3 is 0 Å². The van der Waals surface area contributed by atoms with Crippen molar-refractivity contribution < 1.29 is 18.4 Å². The second-order valence-electron chi connectivity index (χ2n) is 10.2. The van der Waals surface area contributed by atoms with Crippen LogP contribution in [0.25, 0.3) is 0 Å². The van der Waals surface area contributed by atoms with E-state index in [0.717, 1.165) is 90.6 Å². The topological polar surface area (TPSA) is 78.7 Å². The Kier molecular flexibility index (Phi) is 12.9. The summed E-state index contributed by atoms with van der Waals surface area (Å²) in [5.41, 5.74) is 1.35. The van der Waals surface area contributed by atoms with Crippen molar-refractivity contribution in [3.8, 4) is 0 Å². The molecule has 1 aromatic rings. The van der Waals surface area contributed by atoms with E-state index in [4.69, 9.17) is 14.2 Å². The van der Waals surface area contributed by atoms with E-state index in [1.54, 1.807) is 0 Å². The molecule has 192 valence electrons. The minimum absolute atomic E-state index is 0.393. The predicted octanol–water partition coefficient (Wildman–Crippen LogP) is 2.86. The fourth-order valence-corrected chi connectivity index (χ4v) is 4.96. The molecule has 2 rings (SSSR count). The molecule has 0 atom stereocenters. The molecule has 2 heterocycles. The number of nitrogens with zero attached hydrogens (tertiary/aromatic N) is 4. The Hall–Kier alpha value is -1.00. The zero-order valence-electron chi connectivity index (χ0n) is 21.1. The number of hydrogen-bond donors (Lipinski definition) is 0. The number of aryl methyl sites for hydroxylation is 1. The molecule has 9 heteroatoms. The second kappa shape index (κ2) is 15.1. The Morgan fingerprint density at radius 1 is 0.939 bits per heavy atom. The highest BCUT2D eigenvalue weighted by Crippen LogP contribution is 2.20. The van der Waals surface area contributed by atoms with Crippen molar-refractivity contribution >= 4 is 15.4 Å². The van der Waals surface area contributed by atoms with Gasteiger partial charge in [0.05, 0.1) is 5.69 Å². The first-order chi connectivity index (χ1) is 15.7. The molecule has 1 aromatic heterocycles. The standard InChI is InChI=1S/C24H46N4O4S/c1-24(2,3)9-5-13-30-15-7-17-32-18-8-16-31-14-6-10-28-22-23(25-26-28)21-27-11-19-33(4,29)20-12-27/h22H,4-21H2,1-3H3. The van der Waals surface area contributed by atoms with Gasteiger partial charge in [0.1, 0.15) is 0 Å². The van der Waals surface area contributed by atoms with Crippen molar-refractivity contribution in [2.75, 3.05) is 64.2 Å². The Bertz CT molecular complexity index is 732. The summed E-state index contributed by atoms with van der Waals surface area (Å²) in [6, 6.07) is 0. The van der Waals surface area contributed by atoms with Crippen LogP contribution >= 0.6 is 0 Å². The maximum atomic E-state index is 12.0. The average Bonchev–Trinajstić information content (AvgIpc) is 3.19. The Labute approximate surface area is 201 Å². The molecular weight excluding hydrogens is 440 g/mol. The monoisotopic (exact) mass is 486 g/mol. The molecule has 0 unspecified atom stereocenters. The quantitative estimate of drug-likeness (QED) is 0.247. The summed E-state index contributed by atoms with van der Waals surface area (Å²) in [5.74, 6) is 5.17. The van der Waals surface area contributed by atoms with Crippen LogP contribution in [0.2, 0.25) is 0 Å². The molecule has 0 saturated carbocycles. The van der Waals surface area contributed by atoms with Crippen LogP contribution in [-0.4, -0.2) is 94.2 Å². The first kappa shape index (κ1) is 28.2. The third kappa shape index (κ3) is 14.1. The van der Waals surface area contributed by atoms with Gasteiger partial charge in [-0.05, 0) is 52.9 Å². The lowest BCUT2D eigenvalue weighted by Crippen LogP contribution is -2.39. The predicted molar refractivity (Wildman–Crippen MR) is 135 cm³/mol. The van der Waals surface area contributed by atoms with Crippen LogP contribution in [0.5, 0.6) is 0 Å². The number of ether oxygens (including phenoxy) is 3. The van der Waals surface area contributed by atoms with E-state index < -0.39 is 9.52 Å². The van der Waals surface area contributed by atoms with E-state index in [-0.39, 0.29) is 0 Å². The van der Waals surface area contributed by atoms with Gasteiger partial charge in [0, 0.05) is 83.5 Å². The summed E-state index contributed by atoms with van der Waals surface area (Å²) in [6.07, 6.45) is 7.09. The average molecular weight is 487 g/mol. The molecule has 0 amide bonds. The number of rotatable bonds is 17. The summed E-state index contributed by atoms with van der Waals surface area (Å²) in [6.45, 7) is 14.5. The minimum atomic E-state index is -1.85. The van der Waals surface area contributed by atoms with Crippen molar-refractivity contribution in [3.63, 3.8) is 0 Å². The van der Waals surface area contributed by atoms with Crippen LogP contribution in [0.15, 0.2) is 6.20 Å². The minimum Gasteiger partial charge on any atom is -0.381 e. The third-order valence-corrected chi connectivity index (χ3v) is 7.43. The molecule has 0 bridgehead atoms. The Morgan fingerprint density at radius 2 is 1.48 bits per heavy atom. The van der Waals surface area contributed by atoms with Crippen molar-refractivity contribution in [3.05, 3.63) is 11.9 Å². The van der Waals surface area contributed by atoms with Gasteiger partial charge in [-0.1, -0.05) is 26.0 Å². The molecule has 33 heavy (non-hydrogen) atoms. The molecule has 1 saturated heterocycles. The Balaban J connectivity index is 1.36. The lowest BCUT2D eigenvalue weighted by atomic mass is 9.91. The summed E-state index contributed by atoms with van der Waals surface area (Å²) in [5, 5.41) is 8.46. The maximum absolute atomic E-state index is 12.0. The number of hydrogen-bond acceptors (Lipinski definition) is 7. The smallest absolute Gasteiger partial charge is 0.0967 e. The fraction of sp³-hybridized carbons (Fsp3) is 0.875. The molecule has 8 nitrogen and oxygen atoms in total. The van der Waals surface area contributed by atoms with Crippen molar-refractivity contribution in [2.45, 2.75) is 66.0 Å². The van der Waals surface area contributed by atoms with E-state index in [2.05, 4.69) is 41.9 Å². The fourth-order valence-electron chi connectivity index (χ4n) is 3.58. The molecular formula is C24H46N4O4S. The van der Waals surface area contributed by atoms with Gasteiger partial charge in [-0.2, -0.15) is 0 Å². The summed E-state index contributed by atoms with van der Waals surface area (Å²) in [7, 11) is -1.85. The van der Waals surface area contributed by atoms with E-state index >= 15 is 0 Å². The summed E-state index contributed by atoms with van der Waals surface area (Å²) < 4.78 is 30.8. The molecule has 0 aliphatic carbocycles. The molecule has 0 spiro atoms. The van der Waals surface area contributed by atoms with Crippen LogP contribution in [0.3, 0.4) is 0 Å². The largest absolute Gasteiger partial charge is 0.381 e. The molecule has 0 aromatic carbocycles. The van der Waals surface area contributed by atoms with Gasteiger partial charge in [0.2, 0.25) is 0 Å². The van der Waals surface area contributed by atoms with Crippen molar-refractivity contribution in [1.29, 1.82) is 0 Å². The van der Waals surface area contributed by atoms with Gasteiger partial charge < -0.3 is 14.2 Å². The molecule has 0 radical (unpaired) electrons. The lowest BCUT2D eigenvalue weighted by molar-refractivity contribution is 0.0603. The van der Waals surface area contributed by atoms with Gasteiger partial charge in [0.15, 0.2) is 0 Å². The van der Waals surface area contributed by atoms with Crippen molar-refractivity contribution in [2.24, 2.45) is 5.41 Å². The second-order valence-corrected chi connectivity index (χ2v) is 12.9. The van der Waals surface area contributed by atoms with Crippen LogP contribution in [0, 0.1) is 5.41 Å². The number of aromatic nitrogens is 3. The lowest BCUT2D eigenvalue weighted by Gasteiger charge is -2.27. The highest BCUT2D eigenvalue weighted by atomic mass is 32.2. The van der Waals surface area contributed by atoms with Gasteiger partial charge in [0.25, 0.3) is 0 Å². The molecule has 1 aliphatic heterocycles. The zero-order valence-corrected chi connectivity index (χ0v) is 22.0. The van der Waals surface area contributed by atoms with E-state index in [1.807, 2.05) is 10.9 Å². The van der Waals surface area contributed by atoms with Gasteiger partial charge in [-0.15, -0.1) is 5.10 Å².